The maximum Gasteiger partial charge on any atom is 0.338 e. The third kappa shape index (κ3) is 7.65. The van der Waals surface area contributed by atoms with Crippen molar-refractivity contribution in [2.24, 2.45) is 0 Å². The quantitative estimate of drug-likeness (QED) is 0.122. The average Bonchev–Trinajstić information content (AvgIpc) is 2.99. The Kier molecular flexibility index (Phi) is 10.9. The number of hydrogen-bond donors (Lipinski definition) is 2. The van der Waals surface area contributed by atoms with Crippen LogP contribution in [0.15, 0.2) is 48.5 Å². The first-order chi connectivity index (χ1) is 22.6. The third-order valence-corrected chi connectivity index (χ3v) is 8.60. The molecule has 0 spiro atoms. The van der Waals surface area contributed by atoms with E-state index in [1.165, 1.54) is 0 Å². The van der Waals surface area contributed by atoms with E-state index in [4.69, 9.17) is 9.47 Å². The van der Waals surface area contributed by atoms with Crippen molar-refractivity contribution < 1.29 is 38.9 Å². The van der Waals surface area contributed by atoms with E-state index in [-0.39, 0.29) is 24.3 Å². The van der Waals surface area contributed by atoms with Gasteiger partial charge in [-0.2, -0.15) is 0 Å². The zero-order valence-electron chi connectivity index (χ0n) is 28.8. The number of carbonyl (C=O) groups is 4. The highest BCUT2D eigenvalue weighted by Crippen LogP contribution is 2.36. The summed E-state index contributed by atoms with van der Waals surface area (Å²) >= 11 is 0. The number of carboxylic acid groups (broad SMARTS) is 2. The molecule has 0 saturated heterocycles. The molecular weight excluding hydrogens is 608 g/mol. The van der Waals surface area contributed by atoms with Gasteiger partial charge in [0.25, 0.3) is 0 Å². The van der Waals surface area contributed by atoms with Gasteiger partial charge < -0.3 is 19.7 Å². The van der Waals surface area contributed by atoms with Crippen LogP contribution in [0.1, 0.15) is 98.8 Å². The summed E-state index contributed by atoms with van der Waals surface area (Å²) in [4.78, 5) is 48.7. The molecule has 0 unspecified atom stereocenters. The van der Waals surface area contributed by atoms with Crippen LogP contribution in [0.2, 0.25) is 0 Å². The molecule has 0 amide bonds. The predicted molar refractivity (Wildman–Crippen MR) is 185 cm³/mol. The summed E-state index contributed by atoms with van der Waals surface area (Å²) in [7, 11) is 0. The van der Waals surface area contributed by atoms with Crippen molar-refractivity contribution in [2.75, 3.05) is 13.2 Å². The largest absolute Gasteiger partial charge is 0.478 e. The molecule has 4 aromatic rings. The summed E-state index contributed by atoms with van der Waals surface area (Å²) in [5.74, 6) is -2.81. The van der Waals surface area contributed by atoms with Crippen LogP contribution in [-0.2, 0) is 9.47 Å². The lowest BCUT2D eigenvalue weighted by Crippen LogP contribution is -2.10. The molecule has 0 bridgehead atoms. The summed E-state index contributed by atoms with van der Waals surface area (Å²) in [6.07, 6.45) is 1.04. The maximum atomic E-state index is 12.9. The molecule has 0 aliphatic heterocycles. The topological polar surface area (TPSA) is 127 Å². The van der Waals surface area contributed by atoms with Crippen molar-refractivity contribution in [3.05, 3.63) is 115 Å². The normalized spacial score (nSPS) is 10.9. The lowest BCUT2D eigenvalue weighted by Gasteiger charge is -2.18. The zero-order chi connectivity index (χ0) is 35.4. The number of carbonyl (C=O) groups excluding carboxylic acids is 2. The Morgan fingerprint density at radius 2 is 0.625 bits per heavy atom. The third-order valence-electron chi connectivity index (χ3n) is 8.60. The number of aromatic carboxylic acids is 2. The van der Waals surface area contributed by atoms with E-state index >= 15 is 0 Å². The second-order valence-corrected chi connectivity index (χ2v) is 12.5. The van der Waals surface area contributed by atoms with Crippen LogP contribution in [0.25, 0.3) is 22.3 Å². The number of ether oxygens (including phenoxy) is 2. The van der Waals surface area contributed by atoms with Crippen molar-refractivity contribution >= 4 is 23.9 Å². The fourth-order valence-corrected chi connectivity index (χ4v) is 6.61. The highest BCUT2D eigenvalue weighted by atomic mass is 16.5. The van der Waals surface area contributed by atoms with E-state index in [2.05, 4.69) is 0 Å². The number of benzene rings is 4. The van der Waals surface area contributed by atoms with Crippen LogP contribution in [0, 0.1) is 55.4 Å². The molecule has 250 valence electrons. The van der Waals surface area contributed by atoms with E-state index in [0.29, 0.717) is 24.0 Å². The molecule has 0 saturated carbocycles. The van der Waals surface area contributed by atoms with Gasteiger partial charge in [-0.15, -0.1) is 0 Å². The molecule has 4 rings (SSSR count). The van der Waals surface area contributed by atoms with Crippen LogP contribution < -0.4 is 0 Å². The van der Waals surface area contributed by atoms with Gasteiger partial charge in [-0.05, 0) is 184 Å². The minimum Gasteiger partial charge on any atom is -0.478 e. The van der Waals surface area contributed by atoms with Gasteiger partial charge >= 0.3 is 23.9 Å². The fourth-order valence-electron chi connectivity index (χ4n) is 6.61. The first kappa shape index (κ1) is 35.6. The zero-order valence-corrected chi connectivity index (χ0v) is 28.8. The van der Waals surface area contributed by atoms with Crippen LogP contribution in [0.4, 0.5) is 0 Å². The Morgan fingerprint density at radius 3 is 0.833 bits per heavy atom. The van der Waals surface area contributed by atoms with E-state index in [1.807, 2.05) is 55.4 Å². The van der Waals surface area contributed by atoms with Gasteiger partial charge in [0.2, 0.25) is 0 Å². The van der Waals surface area contributed by atoms with E-state index in [0.717, 1.165) is 66.8 Å². The fraction of sp³-hybridized carbons (Fsp3) is 0.300. The summed E-state index contributed by atoms with van der Waals surface area (Å²) < 4.78 is 11.0. The lowest BCUT2D eigenvalue weighted by atomic mass is 9.87. The Bertz CT molecular complexity index is 1720. The average molecular weight is 651 g/mol. The summed E-state index contributed by atoms with van der Waals surface area (Å²) in [5, 5.41) is 18.8. The molecule has 8 heteroatoms. The van der Waals surface area contributed by atoms with Gasteiger partial charge in [0.1, 0.15) is 0 Å². The molecule has 0 aromatic heterocycles. The SMILES string of the molecule is Cc1cc(C(=O)O)cc(C)c1-c1c(C)cc(C(=O)OCCCCOC(=O)c2cc(C)c(-c3c(C)cc(C(=O)O)cc3C)c(C)c2)cc1C. The second-order valence-electron chi connectivity index (χ2n) is 12.5. The molecule has 0 fully saturated rings. The van der Waals surface area contributed by atoms with E-state index in [1.54, 1.807) is 48.5 Å². The number of aryl methyl sites for hydroxylation is 8. The predicted octanol–water partition coefficient (Wildman–Crippen LogP) is 8.68. The smallest absolute Gasteiger partial charge is 0.338 e. The molecule has 0 aliphatic rings. The summed E-state index contributed by atoms with van der Waals surface area (Å²) in [6.45, 7) is 15.6. The molecular formula is C40H42O8. The molecule has 48 heavy (non-hydrogen) atoms. The molecule has 4 aromatic carbocycles. The number of rotatable bonds is 11. The molecule has 2 N–H and O–H groups in total. The molecule has 8 nitrogen and oxygen atoms in total. The molecule has 0 heterocycles. The van der Waals surface area contributed by atoms with Crippen molar-refractivity contribution in [3.63, 3.8) is 0 Å². The first-order valence-corrected chi connectivity index (χ1v) is 15.9. The van der Waals surface area contributed by atoms with Crippen molar-refractivity contribution in [3.8, 4) is 22.3 Å². The number of esters is 2. The first-order valence-electron chi connectivity index (χ1n) is 15.9. The highest BCUT2D eigenvalue weighted by molar-refractivity contribution is 5.94. The monoisotopic (exact) mass is 650 g/mol. The second kappa shape index (κ2) is 14.7. The number of hydrogen-bond acceptors (Lipinski definition) is 6. The van der Waals surface area contributed by atoms with Gasteiger partial charge in [-0.25, -0.2) is 19.2 Å². The maximum absolute atomic E-state index is 12.9. The highest BCUT2D eigenvalue weighted by Gasteiger charge is 2.20. The Morgan fingerprint density at radius 1 is 0.417 bits per heavy atom. The minimum atomic E-state index is -0.970. The van der Waals surface area contributed by atoms with Crippen molar-refractivity contribution in [1.29, 1.82) is 0 Å². The van der Waals surface area contributed by atoms with Gasteiger partial charge in [0.15, 0.2) is 0 Å². The van der Waals surface area contributed by atoms with Gasteiger partial charge in [-0.3, -0.25) is 0 Å². The molecule has 0 atom stereocenters. The van der Waals surface area contributed by atoms with Crippen LogP contribution in [0.3, 0.4) is 0 Å². The van der Waals surface area contributed by atoms with Crippen molar-refractivity contribution in [2.45, 2.75) is 68.2 Å². The Labute approximate surface area is 281 Å². The van der Waals surface area contributed by atoms with Crippen LogP contribution in [0.5, 0.6) is 0 Å². The van der Waals surface area contributed by atoms with Gasteiger partial charge in [-0.1, -0.05) is 0 Å². The lowest BCUT2D eigenvalue weighted by molar-refractivity contribution is 0.0432. The van der Waals surface area contributed by atoms with E-state index in [9.17, 15) is 29.4 Å². The summed E-state index contributed by atoms with van der Waals surface area (Å²) in [6, 6.07) is 13.8. The van der Waals surface area contributed by atoms with Crippen LogP contribution in [-0.4, -0.2) is 47.3 Å². The minimum absolute atomic E-state index is 0.178. The van der Waals surface area contributed by atoms with Gasteiger partial charge in [0, 0.05) is 0 Å². The number of unbranched alkanes of at least 4 members (excludes halogenated alkanes) is 1. The van der Waals surface area contributed by atoms with Crippen LogP contribution >= 0.6 is 0 Å². The Hall–Kier alpha value is -5.24. The molecule has 0 aliphatic carbocycles. The standard InChI is InChI=1S/C40H42O8/c1-21-13-29(37(41)42)14-22(2)33(21)35-25(5)17-31(18-26(35)6)39(45)47-11-9-10-12-48-40(46)32-19-27(7)36(28(8)20-32)34-23(3)15-30(38(43)44)16-24(34)4/h13-20H,9-12H2,1-8H3,(H,41,42)(H,43,44). The summed E-state index contributed by atoms with van der Waals surface area (Å²) in [5.41, 5.74) is 12.2. The molecule has 0 radical (unpaired) electrons. The van der Waals surface area contributed by atoms with E-state index < -0.39 is 23.9 Å². The van der Waals surface area contributed by atoms with Gasteiger partial charge in [0.05, 0.1) is 35.5 Å². The Balaban J connectivity index is 1.32. The van der Waals surface area contributed by atoms with Crippen molar-refractivity contribution in [1.82, 2.24) is 0 Å². The number of carboxylic acids is 2.